The van der Waals surface area contributed by atoms with Crippen molar-refractivity contribution in [2.75, 3.05) is 6.54 Å². The van der Waals surface area contributed by atoms with Gasteiger partial charge in [0.15, 0.2) is 0 Å². The molecule has 2 atom stereocenters. The van der Waals surface area contributed by atoms with Crippen molar-refractivity contribution in [1.29, 1.82) is 0 Å². The highest BCUT2D eigenvalue weighted by Gasteiger charge is 2.40. The Balaban J connectivity index is 1.26. The molecule has 0 spiro atoms. The average Bonchev–Trinajstić information content (AvgIpc) is 2.96. The fourth-order valence-corrected chi connectivity index (χ4v) is 4.78. The van der Waals surface area contributed by atoms with E-state index < -0.39 is 5.91 Å². The van der Waals surface area contributed by atoms with Crippen molar-refractivity contribution >= 4 is 23.4 Å². The molecule has 2 heterocycles. The van der Waals surface area contributed by atoms with Crippen molar-refractivity contribution in [3.8, 4) is 5.75 Å². The molecule has 7 heteroatoms. The molecule has 2 aliphatic rings. The molecule has 2 fully saturated rings. The first kappa shape index (κ1) is 20.7. The molecule has 2 bridgehead atoms. The maximum absolute atomic E-state index is 12.4. The molecule has 2 saturated heterocycles. The zero-order valence-corrected chi connectivity index (χ0v) is 17.4. The monoisotopic (exact) mass is 427 g/mol. The Hall–Kier alpha value is -2.57. The summed E-state index contributed by atoms with van der Waals surface area (Å²) in [6.45, 7) is 0.803. The number of carbonyl (C=O) groups is 2. The van der Waals surface area contributed by atoms with Gasteiger partial charge in [0, 0.05) is 29.7 Å². The first-order chi connectivity index (χ1) is 14.5. The summed E-state index contributed by atoms with van der Waals surface area (Å²) in [5, 5.41) is 16.1. The molecule has 2 amide bonds. The molecular weight excluding hydrogens is 402 g/mol. The van der Waals surface area contributed by atoms with Crippen molar-refractivity contribution in [2.24, 2.45) is 0 Å². The maximum Gasteiger partial charge on any atom is 0.255 e. The molecule has 0 aliphatic carbocycles. The highest BCUT2D eigenvalue weighted by Crippen LogP contribution is 2.37. The lowest BCUT2D eigenvalue weighted by Crippen LogP contribution is -2.51. The lowest BCUT2D eigenvalue weighted by Gasteiger charge is -2.39. The molecule has 6 nitrogen and oxygen atoms in total. The number of phenolic OH excluding ortho intramolecular Hbond substituents is 1. The Bertz CT molecular complexity index is 904. The number of amides is 2. The van der Waals surface area contributed by atoms with Crippen LogP contribution in [-0.2, 0) is 11.3 Å². The molecule has 2 aromatic carbocycles. The van der Waals surface area contributed by atoms with Crippen molar-refractivity contribution in [3.05, 3.63) is 64.7 Å². The van der Waals surface area contributed by atoms with Gasteiger partial charge in [0.25, 0.3) is 5.91 Å². The first-order valence-electron chi connectivity index (χ1n) is 10.4. The second-order valence-electron chi connectivity index (χ2n) is 8.12. The number of fused-ring (bicyclic) bond motifs is 2. The summed E-state index contributed by atoms with van der Waals surface area (Å²) in [6.07, 6.45) is 4.13. The van der Waals surface area contributed by atoms with Gasteiger partial charge in [0.2, 0.25) is 5.91 Å². The number of hydrogen-bond acceptors (Lipinski definition) is 4. The van der Waals surface area contributed by atoms with Gasteiger partial charge < -0.3 is 15.7 Å². The van der Waals surface area contributed by atoms with Crippen molar-refractivity contribution in [1.82, 2.24) is 15.5 Å². The van der Waals surface area contributed by atoms with Crippen LogP contribution < -0.4 is 10.6 Å². The Morgan fingerprint density at radius 2 is 1.70 bits per heavy atom. The van der Waals surface area contributed by atoms with Gasteiger partial charge in [0.05, 0.1) is 12.1 Å². The van der Waals surface area contributed by atoms with Crippen molar-refractivity contribution < 1.29 is 14.7 Å². The molecule has 4 rings (SSSR count). The molecule has 2 aromatic rings. The fraction of sp³-hybridized carbons (Fsp3) is 0.391. The lowest BCUT2D eigenvalue weighted by atomic mass is 9.96. The smallest absolute Gasteiger partial charge is 0.255 e. The standard InChI is InChI=1S/C23H26ClN3O3/c24-16-7-5-15(6-8-16)14-27-18-9-10-19(27)12-17(11-18)26-22(29)13-25-23(30)20-3-1-2-4-21(20)28/h1-8,17-19,28H,9-14H2,(H,25,30)(H,26,29). The van der Waals surface area contributed by atoms with Gasteiger partial charge in [-0.1, -0.05) is 35.9 Å². The summed E-state index contributed by atoms with van der Waals surface area (Å²) in [6, 6.07) is 15.3. The second kappa shape index (κ2) is 9.06. The molecule has 0 saturated carbocycles. The molecule has 0 radical (unpaired) electrons. The Morgan fingerprint density at radius 1 is 1.03 bits per heavy atom. The van der Waals surface area contributed by atoms with Gasteiger partial charge in [-0.2, -0.15) is 0 Å². The van der Waals surface area contributed by atoms with Gasteiger partial charge in [-0.05, 0) is 55.5 Å². The van der Waals surface area contributed by atoms with Gasteiger partial charge in [-0.3, -0.25) is 14.5 Å². The van der Waals surface area contributed by atoms with Crippen LogP contribution in [0.2, 0.25) is 5.02 Å². The molecule has 2 unspecified atom stereocenters. The summed E-state index contributed by atoms with van der Waals surface area (Å²) in [4.78, 5) is 27.1. The zero-order valence-electron chi connectivity index (χ0n) is 16.7. The number of nitrogens with zero attached hydrogens (tertiary/aromatic N) is 1. The van der Waals surface area contributed by atoms with E-state index in [-0.39, 0.29) is 29.8 Å². The lowest BCUT2D eigenvalue weighted by molar-refractivity contribution is -0.121. The number of rotatable bonds is 6. The Morgan fingerprint density at radius 3 is 2.37 bits per heavy atom. The molecule has 0 aromatic heterocycles. The van der Waals surface area contributed by atoms with Gasteiger partial charge >= 0.3 is 0 Å². The number of nitrogens with one attached hydrogen (secondary N) is 2. The third-order valence-corrected chi connectivity index (χ3v) is 6.34. The van der Waals surface area contributed by atoms with Gasteiger partial charge in [0.1, 0.15) is 5.75 Å². The predicted octanol–water partition coefficient (Wildman–Crippen LogP) is 3.09. The van der Waals surface area contributed by atoms with E-state index in [2.05, 4.69) is 27.7 Å². The van der Waals surface area contributed by atoms with Crippen LogP contribution in [0.1, 0.15) is 41.6 Å². The van der Waals surface area contributed by atoms with Gasteiger partial charge in [-0.15, -0.1) is 0 Å². The van der Waals surface area contributed by atoms with Crippen LogP contribution in [0.5, 0.6) is 5.75 Å². The summed E-state index contributed by atoms with van der Waals surface area (Å²) >= 11 is 5.99. The normalized spacial score (nSPS) is 23.2. The van der Waals surface area contributed by atoms with Crippen LogP contribution in [-0.4, -0.2) is 46.5 Å². The van der Waals surface area contributed by atoms with Crippen LogP contribution in [0.25, 0.3) is 0 Å². The maximum atomic E-state index is 12.4. The highest BCUT2D eigenvalue weighted by molar-refractivity contribution is 6.30. The largest absolute Gasteiger partial charge is 0.507 e. The summed E-state index contributed by atoms with van der Waals surface area (Å²) in [7, 11) is 0. The van der Waals surface area contributed by atoms with Crippen LogP contribution in [0.3, 0.4) is 0 Å². The van der Waals surface area contributed by atoms with E-state index in [0.717, 1.165) is 37.3 Å². The Kier molecular flexibility index (Phi) is 6.25. The van der Waals surface area contributed by atoms with E-state index in [4.69, 9.17) is 11.6 Å². The summed E-state index contributed by atoms with van der Waals surface area (Å²) in [5.74, 6) is -0.754. The topological polar surface area (TPSA) is 81.7 Å². The fourth-order valence-electron chi connectivity index (χ4n) is 4.65. The van der Waals surface area contributed by atoms with E-state index in [9.17, 15) is 14.7 Å². The van der Waals surface area contributed by atoms with E-state index in [1.54, 1.807) is 12.1 Å². The van der Waals surface area contributed by atoms with E-state index in [1.807, 2.05) is 12.1 Å². The van der Waals surface area contributed by atoms with Crippen molar-refractivity contribution in [2.45, 2.75) is 50.4 Å². The van der Waals surface area contributed by atoms with Crippen LogP contribution in [0.4, 0.5) is 0 Å². The minimum atomic E-state index is -0.457. The average molecular weight is 428 g/mol. The predicted molar refractivity (Wildman–Crippen MR) is 115 cm³/mol. The first-order valence-corrected chi connectivity index (χ1v) is 10.7. The quantitative estimate of drug-likeness (QED) is 0.661. The van der Waals surface area contributed by atoms with Crippen molar-refractivity contribution in [3.63, 3.8) is 0 Å². The molecule has 2 aliphatic heterocycles. The number of halogens is 1. The number of aromatic hydroxyl groups is 1. The molecule has 30 heavy (non-hydrogen) atoms. The van der Waals surface area contributed by atoms with E-state index in [0.29, 0.717) is 12.1 Å². The third kappa shape index (κ3) is 4.77. The Labute approximate surface area is 181 Å². The van der Waals surface area contributed by atoms with Crippen LogP contribution in [0, 0.1) is 0 Å². The van der Waals surface area contributed by atoms with Gasteiger partial charge in [-0.25, -0.2) is 0 Å². The summed E-state index contributed by atoms with van der Waals surface area (Å²) in [5.41, 5.74) is 1.42. The zero-order chi connectivity index (χ0) is 21.1. The van der Waals surface area contributed by atoms with E-state index in [1.165, 1.54) is 17.7 Å². The number of phenols is 1. The number of para-hydroxylation sites is 1. The van der Waals surface area contributed by atoms with E-state index >= 15 is 0 Å². The third-order valence-electron chi connectivity index (χ3n) is 6.09. The van der Waals surface area contributed by atoms with Crippen LogP contribution in [0.15, 0.2) is 48.5 Å². The number of piperidine rings is 1. The number of carbonyl (C=O) groups excluding carboxylic acids is 2. The summed E-state index contributed by atoms with van der Waals surface area (Å²) < 4.78 is 0. The highest BCUT2D eigenvalue weighted by atomic mass is 35.5. The SMILES string of the molecule is O=C(CNC(=O)c1ccccc1O)NC1CC2CCC(C1)N2Cc1ccc(Cl)cc1. The number of benzene rings is 2. The minimum Gasteiger partial charge on any atom is -0.507 e. The minimum absolute atomic E-state index is 0.0972. The number of hydrogen-bond donors (Lipinski definition) is 3. The second-order valence-corrected chi connectivity index (χ2v) is 8.56. The molecular formula is C23H26ClN3O3. The molecule has 3 N–H and O–H groups in total. The van der Waals surface area contributed by atoms with Crippen LogP contribution >= 0.6 is 11.6 Å². The molecule has 158 valence electrons.